The molecule has 0 aromatic carbocycles. The molecule has 3 nitrogen and oxygen atoms in total. The van der Waals surface area contributed by atoms with Crippen molar-refractivity contribution in [2.45, 2.75) is 32.8 Å². The summed E-state index contributed by atoms with van der Waals surface area (Å²) in [6.45, 7) is 3.60. The second-order valence-corrected chi connectivity index (χ2v) is 7.28. The van der Waals surface area contributed by atoms with Gasteiger partial charge in [0.25, 0.3) is 0 Å². The van der Waals surface area contributed by atoms with Crippen molar-refractivity contribution in [3.8, 4) is 0 Å². The summed E-state index contributed by atoms with van der Waals surface area (Å²) in [4.78, 5) is 0.953. The molecule has 1 aromatic heterocycles. The molecule has 0 spiro atoms. The third kappa shape index (κ3) is 3.88. The van der Waals surface area contributed by atoms with Gasteiger partial charge in [-0.1, -0.05) is 6.92 Å². The first kappa shape index (κ1) is 13.7. The van der Waals surface area contributed by atoms with Crippen LogP contribution in [0, 0.1) is 6.92 Å². The van der Waals surface area contributed by atoms with Crippen LogP contribution in [0.1, 0.15) is 36.3 Å². The van der Waals surface area contributed by atoms with E-state index in [1.165, 1.54) is 11.3 Å². The average molecular weight is 262 g/mol. The number of hydrogen-bond donors (Lipinski definition) is 1. The van der Waals surface area contributed by atoms with Crippen LogP contribution in [0.15, 0.2) is 11.4 Å². The van der Waals surface area contributed by atoms with Crippen LogP contribution in [0.25, 0.3) is 0 Å². The van der Waals surface area contributed by atoms with Gasteiger partial charge >= 0.3 is 0 Å². The Bertz CT molecular complexity index is 420. The molecular formula is C11H18O3S2. The Labute approximate surface area is 101 Å². The fraction of sp³-hybridized carbons (Fsp3) is 0.636. The smallest absolute Gasteiger partial charge is 0.150 e. The minimum absolute atomic E-state index is 0.172. The summed E-state index contributed by atoms with van der Waals surface area (Å²) in [6.07, 6.45) is 0.516. The van der Waals surface area contributed by atoms with Crippen LogP contribution in [0.4, 0.5) is 0 Å². The highest BCUT2D eigenvalue weighted by molar-refractivity contribution is 7.91. The van der Waals surface area contributed by atoms with Crippen molar-refractivity contribution < 1.29 is 13.5 Å². The zero-order chi connectivity index (χ0) is 12.2. The molecule has 0 radical (unpaired) electrons. The lowest BCUT2D eigenvalue weighted by molar-refractivity contribution is 0.170. The van der Waals surface area contributed by atoms with E-state index in [0.717, 1.165) is 10.4 Å². The Hall–Kier alpha value is -0.390. The molecule has 0 aliphatic heterocycles. The maximum absolute atomic E-state index is 11.3. The molecule has 0 fully saturated rings. The highest BCUT2D eigenvalue weighted by atomic mass is 32.2. The van der Waals surface area contributed by atoms with Gasteiger partial charge in [-0.05, 0) is 36.8 Å². The molecule has 1 rings (SSSR count). The largest absolute Gasteiger partial charge is 0.388 e. The second-order valence-electron chi connectivity index (χ2n) is 3.86. The number of aliphatic hydroxyl groups is 1. The number of sulfone groups is 1. The molecule has 1 N–H and O–H groups in total. The van der Waals surface area contributed by atoms with Crippen LogP contribution >= 0.6 is 11.3 Å². The van der Waals surface area contributed by atoms with E-state index in [1.54, 1.807) is 6.92 Å². The van der Waals surface area contributed by atoms with Crippen molar-refractivity contribution in [3.63, 3.8) is 0 Å². The van der Waals surface area contributed by atoms with Gasteiger partial charge in [-0.15, -0.1) is 11.3 Å². The van der Waals surface area contributed by atoms with Crippen molar-refractivity contribution >= 4 is 21.2 Å². The SMILES string of the molecule is CCS(=O)(=O)CCCC(O)c1sccc1C. The molecule has 0 amide bonds. The predicted molar refractivity (Wildman–Crippen MR) is 67.6 cm³/mol. The Balaban J connectivity index is 2.43. The van der Waals surface area contributed by atoms with Crippen molar-refractivity contribution in [2.75, 3.05) is 11.5 Å². The molecule has 0 aliphatic rings. The third-order valence-electron chi connectivity index (χ3n) is 2.58. The molecule has 0 saturated heterocycles. The summed E-state index contributed by atoms with van der Waals surface area (Å²) in [5, 5.41) is 11.8. The van der Waals surface area contributed by atoms with E-state index in [4.69, 9.17) is 0 Å². The van der Waals surface area contributed by atoms with Crippen molar-refractivity contribution in [1.29, 1.82) is 0 Å². The first-order valence-corrected chi connectivity index (χ1v) is 8.09. The van der Waals surface area contributed by atoms with E-state index in [9.17, 15) is 13.5 Å². The monoisotopic (exact) mass is 262 g/mol. The second kappa shape index (κ2) is 5.80. The van der Waals surface area contributed by atoms with E-state index in [-0.39, 0.29) is 11.5 Å². The van der Waals surface area contributed by atoms with Crippen molar-refractivity contribution in [2.24, 2.45) is 0 Å². The van der Waals surface area contributed by atoms with Crippen molar-refractivity contribution in [1.82, 2.24) is 0 Å². The standard InChI is InChI=1S/C11H18O3S2/c1-3-16(13,14)8-4-5-10(12)11-9(2)6-7-15-11/h6-7,10,12H,3-5,8H2,1-2H3. The number of thiophene rings is 1. The zero-order valence-corrected chi connectivity index (χ0v) is 11.3. The summed E-state index contributed by atoms with van der Waals surface area (Å²) >= 11 is 1.52. The summed E-state index contributed by atoms with van der Waals surface area (Å²) in [5.41, 5.74) is 1.08. The van der Waals surface area contributed by atoms with Gasteiger partial charge in [-0.2, -0.15) is 0 Å². The molecule has 0 bridgehead atoms. The molecular weight excluding hydrogens is 244 g/mol. The van der Waals surface area contributed by atoms with E-state index in [1.807, 2.05) is 18.4 Å². The maximum Gasteiger partial charge on any atom is 0.150 e. The van der Waals surface area contributed by atoms with Gasteiger partial charge in [0.05, 0.1) is 11.9 Å². The zero-order valence-electron chi connectivity index (χ0n) is 9.64. The van der Waals surface area contributed by atoms with Gasteiger partial charge < -0.3 is 5.11 Å². The molecule has 5 heteroatoms. The predicted octanol–water partition coefficient (Wildman–Crippen LogP) is 2.30. The molecule has 1 unspecified atom stereocenters. The summed E-state index contributed by atoms with van der Waals surface area (Å²) < 4.78 is 22.5. The van der Waals surface area contributed by atoms with Crippen molar-refractivity contribution in [3.05, 3.63) is 21.9 Å². The number of aryl methyl sites for hydroxylation is 1. The quantitative estimate of drug-likeness (QED) is 0.856. The first-order valence-electron chi connectivity index (χ1n) is 5.38. The normalized spacial score (nSPS) is 13.9. The van der Waals surface area contributed by atoms with Gasteiger partial charge in [-0.3, -0.25) is 0 Å². The van der Waals surface area contributed by atoms with Crippen LogP contribution in [0.5, 0.6) is 0 Å². The minimum Gasteiger partial charge on any atom is -0.388 e. The average Bonchev–Trinajstić information content (AvgIpc) is 2.64. The van der Waals surface area contributed by atoms with Gasteiger partial charge in [0, 0.05) is 10.6 Å². The topological polar surface area (TPSA) is 54.4 Å². The van der Waals surface area contributed by atoms with E-state index >= 15 is 0 Å². The molecule has 16 heavy (non-hydrogen) atoms. The lowest BCUT2D eigenvalue weighted by atomic mass is 10.1. The van der Waals surface area contributed by atoms with E-state index in [0.29, 0.717) is 12.8 Å². The lowest BCUT2D eigenvalue weighted by Gasteiger charge is -2.09. The van der Waals surface area contributed by atoms with Gasteiger partial charge in [0.15, 0.2) is 0 Å². The molecule has 1 aromatic rings. The number of aliphatic hydroxyl groups excluding tert-OH is 1. The first-order chi connectivity index (χ1) is 7.46. The van der Waals surface area contributed by atoms with Crippen LogP contribution in [0.3, 0.4) is 0 Å². The molecule has 92 valence electrons. The fourth-order valence-electron chi connectivity index (χ4n) is 1.50. The maximum atomic E-state index is 11.3. The van der Waals surface area contributed by atoms with Crippen LogP contribution in [0.2, 0.25) is 0 Å². The summed E-state index contributed by atoms with van der Waals surface area (Å²) in [6, 6.07) is 1.96. The molecule has 0 aliphatic carbocycles. The molecule has 1 atom stereocenters. The number of hydrogen-bond acceptors (Lipinski definition) is 4. The fourth-order valence-corrected chi connectivity index (χ4v) is 3.34. The van der Waals surface area contributed by atoms with Crippen LogP contribution in [-0.2, 0) is 9.84 Å². The van der Waals surface area contributed by atoms with Crippen LogP contribution in [-0.4, -0.2) is 25.0 Å². The van der Waals surface area contributed by atoms with Crippen LogP contribution < -0.4 is 0 Å². The Kier molecular flexibility index (Phi) is 4.95. The number of rotatable bonds is 6. The summed E-state index contributed by atoms with van der Waals surface area (Å²) in [7, 11) is -2.90. The Morgan fingerprint density at radius 1 is 1.50 bits per heavy atom. The van der Waals surface area contributed by atoms with Gasteiger partial charge in [-0.25, -0.2) is 8.42 Å². The van der Waals surface area contributed by atoms with Gasteiger partial charge in [0.2, 0.25) is 0 Å². The third-order valence-corrected chi connectivity index (χ3v) is 5.49. The lowest BCUT2D eigenvalue weighted by Crippen LogP contribution is -2.09. The summed E-state index contributed by atoms with van der Waals surface area (Å²) in [5.74, 6) is 0.353. The Morgan fingerprint density at radius 2 is 2.19 bits per heavy atom. The van der Waals surface area contributed by atoms with E-state index < -0.39 is 15.9 Å². The highest BCUT2D eigenvalue weighted by Gasteiger charge is 2.13. The molecule has 0 saturated carbocycles. The van der Waals surface area contributed by atoms with Gasteiger partial charge in [0.1, 0.15) is 9.84 Å². The highest BCUT2D eigenvalue weighted by Crippen LogP contribution is 2.27. The molecule has 1 heterocycles. The Morgan fingerprint density at radius 3 is 2.69 bits per heavy atom. The van der Waals surface area contributed by atoms with E-state index in [2.05, 4.69) is 0 Å². The minimum atomic E-state index is -2.90.